The average Bonchev–Trinajstić information content (AvgIpc) is 3.05. The molecule has 118 valence electrons. The minimum Gasteiger partial charge on any atom is -0.467 e. The van der Waals surface area contributed by atoms with Gasteiger partial charge in [0.1, 0.15) is 11.6 Å². The molecule has 0 saturated carbocycles. The van der Waals surface area contributed by atoms with Crippen LogP contribution >= 0.6 is 0 Å². The van der Waals surface area contributed by atoms with Crippen molar-refractivity contribution in [3.05, 3.63) is 35.9 Å². The molecule has 0 aromatic carbocycles. The molecule has 1 atom stereocenters. The molecule has 2 N–H and O–H groups in total. The zero-order valence-corrected chi connectivity index (χ0v) is 13.1. The summed E-state index contributed by atoms with van der Waals surface area (Å²) >= 11 is 0. The number of furan rings is 1. The molecule has 22 heavy (non-hydrogen) atoms. The van der Waals surface area contributed by atoms with Crippen LogP contribution < -0.4 is 10.6 Å². The molecular weight excluding hydrogens is 304 g/mol. The fourth-order valence-electron chi connectivity index (χ4n) is 2.42. The monoisotopic (exact) mass is 322 g/mol. The fraction of sp³-hybridized carbons (Fsp3) is 0.429. The van der Waals surface area contributed by atoms with E-state index in [1.807, 2.05) is 25.1 Å². The molecule has 0 bridgehead atoms. The maximum Gasteiger partial charge on any atom is 0.225 e. The normalized spacial score (nSPS) is 20.0. The third-order valence-electron chi connectivity index (χ3n) is 3.44. The van der Waals surface area contributed by atoms with Crippen LogP contribution in [0.15, 0.2) is 28.9 Å². The summed E-state index contributed by atoms with van der Waals surface area (Å²) in [5.41, 5.74) is 0.806. The molecule has 2 aromatic heterocycles. The van der Waals surface area contributed by atoms with Crippen LogP contribution in [0.25, 0.3) is 0 Å². The lowest BCUT2D eigenvalue weighted by Crippen LogP contribution is -2.21. The van der Waals surface area contributed by atoms with Crippen LogP contribution in [0, 0.1) is 6.92 Å². The molecule has 3 rings (SSSR count). The van der Waals surface area contributed by atoms with Crippen molar-refractivity contribution in [2.45, 2.75) is 25.9 Å². The Labute approximate surface area is 129 Å². The number of hydrogen-bond donors (Lipinski definition) is 2. The zero-order valence-electron chi connectivity index (χ0n) is 12.2. The van der Waals surface area contributed by atoms with Crippen molar-refractivity contribution in [3.63, 3.8) is 0 Å². The number of nitrogens with zero attached hydrogens (tertiary/aromatic N) is 2. The van der Waals surface area contributed by atoms with E-state index in [1.54, 1.807) is 6.26 Å². The second-order valence-corrected chi connectivity index (χ2v) is 7.62. The molecule has 7 nitrogen and oxygen atoms in total. The van der Waals surface area contributed by atoms with Crippen LogP contribution in [0.1, 0.15) is 17.9 Å². The molecular formula is C14H18N4O3S. The standard InChI is InChI=1S/C14H18N4O3S/c1-10-7-13(17-11-4-6-22(19,20)9-11)18-14(16-10)15-8-12-3-2-5-21-12/h2-3,5,7,11H,4,6,8-9H2,1H3,(H2,15,16,17,18). The van der Waals surface area contributed by atoms with Crippen molar-refractivity contribution in [2.24, 2.45) is 0 Å². The lowest BCUT2D eigenvalue weighted by atomic mass is 10.2. The Morgan fingerprint density at radius 3 is 2.95 bits per heavy atom. The molecule has 8 heteroatoms. The lowest BCUT2D eigenvalue weighted by Gasteiger charge is -2.13. The maximum absolute atomic E-state index is 11.5. The molecule has 1 fully saturated rings. The number of hydrogen-bond acceptors (Lipinski definition) is 7. The Morgan fingerprint density at radius 1 is 1.41 bits per heavy atom. The van der Waals surface area contributed by atoms with Crippen LogP contribution in [-0.2, 0) is 16.4 Å². The maximum atomic E-state index is 11.5. The SMILES string of the molecule is Cc1cc(NC2CCS(=O)(=O)C2)nc(NCc2ccco2)n1. The van der Waals surface area contributed by atoms with Gasteiger partial charge < -0.3 is 15.1 Å². The number of aryl methyl sites for hydroxylation is 1. The Morgan fingerprint density at radius 2 is 2.27 bits per heavy atom. The average molecular weight is 322 g/mol. The zero-order chi connectivity index (χ0) is 15.6. The molecule has 3 heterocycles. The molecule has 1 saturated heterocycles. The van der Waals surface area contributed by atoms with Gasteiger partial charge in [0.2, 0.25) is 5.95 Å². The second-order valence-electron chi connectivity index (χ2n) is 5.40. The number of nitrogens with one attached hydrogen (secondary N) is 2. The summed E-state index contributed by atoms with van der Waals surface area (Å²) in [4.78, 5) is 8.69. The number of rotatable bonds is 5. The van der Waals surface area contributed by atoms with Crippen molar-refractivity contribution in [2.75, 3.05) is 22.1 Å². The summed E-state index contributed by atoms with van der Waals surface area (Å²) in [5, 5.41) is 6.27. The Kier molecular flexibility index (Phi) is 4.02. The van der Waals surface area contributed by atoms with Gasteiger partial charge in [0.15, 0.2) is 9.84 Å². The van der Waals surface area contributed by atoms with Crippen LogP contribution in [0.4, 0.5) is 11.8 Å². The van der Waals surface area contributed by atoms with E-state index in [1.165, 1.54) is 0 Å². The summed E-state index contributed by atoms with van der Waals surface area (Å²) < 4.78 is 28.3. The van der Waals surface area contributed by atoms with Gasteiger partial charge in [-0.2, -0.15) is 4.98 Å². The van der Waals surface area contributed by atoms with Crippen molar-refractivity contribution < 1.29 is 12.8 Å². The highest BCUT2D eigenvalue weighted by atomic mass is 32.2. The molecule has 0 spiro atoms. The van der Waals surface area contributed by atoms with E-state index in [0.29, 0.717) is 24.7 Å². The topological polar surface area (TPSA) is 97.1 Å². The smallest absolute Gasteiger partial charge is 0.225 e. The highest BCUT2D eigenvalue weighted by Crippen LogP contribution is 2.18. The molecule has 2 aromatic rings. The van der Waals surface area contributed by atoms with Gasteiger partial charge >= 0.3 is 0 Å². The summed E-state index contributed by atoms with van der Waals surface area (Å²) in [6.07, 6.45) is 2.22. The van der Waals surface area contributed by atoms with Crippen LogP contribution in [0.5, 0.6) is 0 Å². The van der Waals surface area contributed by atoms with E-state index in [4.69, 9.17) is 4.42 Å². The first-order valence-corrected chi connectivity index (χ1v) is 8.91. The van der Waals surface area contributed by atoms with E-state index in [2.05, 4.69) is 20.6 Å². The Balaban J connectivity index is 1.67. The summed E-state index contributed by atoms with van der Waals surface area (Å²) in [6, 6.07) is 5.41. The van der Waals surface area contributed by atoms with Gasteiger partial charge in [0.05, 0.1) is 24.3 Å². The molecule has 1 unspecified atom stereocenters. The van der Waals surface area contributed by atoms with Gasteiger partial charge in [-0.1, -0.05) is 0 Å². The molecule has 1 aliphatic rings. The fourth-order valence-corrected chi connectivity index (χ4v) is 4.09. The predicted molar refractivity (Wildman–Crippen MR) is 83.5 cm³/mol. The van der Waals surface area contributed by atoms with E-state index in [-0.39, 0.29) is 17.5 Å². The van der Waals surface area contributed by atoms with Crippen LogP contribution in [0.2, 0.25) is 0 Å². The first-order valence-electron chi connectivity index (χ1n) is 7.09. The van der Waals surface area contributed by atoms with Gasteiger partial charge in [-0.25, -0.2) is 13.4 Å². The van der Waals surface area contributed by atoms with E-state index < -0.39 is 9.84 Å². The van der Waals surface area contributed by atoms with Crippen LogP contribution in [0.3, 0.4) is 0 Å². The highest BCUT2D eigenvalue weighted by Gasteiger charge is 2.28. The third kappa shape index (κ3) is 3.76. The highest BCUT2D eigenvalue weighted by molar-refractivity contribution is 7.91. The third-order valence-corrected chi connectivity index (χ3v) is 5.21. The molecule has 0 amide bonds. The Bertz CT molecular complexity index is 743. The van der Waals surface area contributed by atoms with Crippen molar-refractivity contribution in [1.82, 2.24) is 9.97 Å². The molecule has 1 aliphatic heterocycles. The lowest BCUT2D eigenvalue weighted by molar-refractivity contribution is 0.517. The van der Waals surface area contributed by atoms with Gasteiger partial charge in [-0.3, -0.25) is 0 Å². The van der Waals surface area contributed by atoms with Crippen molar-refractivity contribution in [1.29, 1.82) is 0 Å². The Hall–Kier alpha value is -2.09. The molecule has 0 radical (unpaired) electrons. The number of aromatic nitrogens is 2. The van der Waals surface area contributed by atoms with E-state index in [9.17, 15) is 8.42 Å². The van der Waals surface area contributed by atoms with Gasteiger partial charge in [-0.05, 0) is 25.5 Å². The van der Waals surface area contributed by atoms with Gasteiger partial charge in [0, 0.05) is 17.8 Å². The number of anilines is 2. The minimum absolute atomic E-state index is 0.0859. The van der Waals surface area contributed by atoms with Crippen LogP contribution in [-0.4, -0.2) is 35.9 Å². The largest absolute Gasteiger partial charge is 0.467 e. The first-order chi connectivity index (χ1) is 10.5. The minimum atomic E-state index is -2.91. The van der Waals surface area contributed by atoms with Crippen molar-refractivity contribution >= 4 is 21.6 Å². The van der Waals surface area contributed by atoms with Gasteiger partial charge in [0.25, 0.3) is 0 Å². The first kappa shape index (κ1) is 14.8. The summed E-state index contributed by atoms with van der Waals surface area (Å²) in [5.74, 6) is 2.31. The summed E-state index contributed by atoms with van der Waals surface area (Å²) in [6.45, 7) is 2.37. The quantitative estimate of drug-likeness (QED) is 0.862. The van der Waals surface area contributed by atoms with Crippen molar-refractivity contribution in [3.8, 4) is 0 Å². The van der Waals surface area contributed by atoms with E-state index >= 15 is 0 Å². The van der Waals surface area contributed by atoms with Gasteiger partial charge in [-0.15, -0.1) is 0 Å². The number of sulfone groups is 1. The predicted octanol–water partition coefficient (Wildman–Crippen LogP) is 1.59. The summed E-state index contributed by atoms with van der Waals surface area (Å²) in [7, 11) is -2.91. The van der Waals surface area contributed by atoms with E-state index in [0.717, 1.165) is 11.5 Å². The second kappa shape index (κ2) is 5.96. The molecule has 0 aliphatic carbocycles.